The number of sulfone groups is 1. The summed E-state index contributed by atoms with van der Waals surface area (Å²) < 4.78 is 23.0. The van der Waals surface area contributed by atoms with E-state index in [1.54, 1.807) is 0 Å². The summed E-state index contributed by atoms with van der Waals surface area (Å²) in [5.41, 5.74) is 6.02. The van der Waals surface area contributed by atoms with Gasteiger partial charge in [0.15, 0.2) is 9.84 Å². The van der Waals surface area contributed by atoms with Crippen molar-refractivity contribution < 1.29 is 8.42 Å². The molecule has 17 heavy (non-hydrogen) atoms. The minimum absolute atomic E-state index is 0.134. The van der Waals surface area contributed by atoms with E-state index in [2.05, 4.69) is 12.2 Å². The Balaban J connectivity index is 1.95. The summed E-state index contributed by atoms with van der Waals surface area (Å²) in [6, 6.07) is 0.247. The molecule has 1 saturated carbocycles. The normalized spacial score (nSPS) is 45.2. The minimum atomic E-state index is -2.83. The van der Waals surface area contributed by atoms with Crippen molar-refractivity contribution in [1.82, 2.24) is 5.32 Å². The Morgan fingerprint density at radius 1 is 1.35 bits per heavy atom. The smallest absolute Gasteiger partial charge is 0.152 e. The molecule has 3 unspecified atom stereocenters. The van der Waals surface area contributed by atoms with E-state index in [9.17, 15) is 8.42 Å². The van der Waals surface area contributed by atoms with Gasteiger partial charge in [-0.05, 0) is 31.6 Å². The second-order valence-corrected chi connectivity index (χ2v) is 8.59. The van der Waals surface area contributed by atoms with Crippen LogP contribution in [0.2, 0.25) is 0 Å². The summed E-state index contributed by atoms with van der Waals surface area (Å²) in [5, 5.41) is 3.47. The van der Waals surface area contributed by atoms with Crippen LogP contribution in [0.4, 0.5) is 0 Å². The molecule has 4 nitrogen and oxygen atoms in total. The van der Waals surface area contributed by atoms with Crippen LogP contribution in [-0.4, -0.2) is 38.0 Å². The standard InChI is InChI=1S/C12H24N2O2S/c1-11(5-3-4-10(11)13)8-14-12(2)6-7-17(15,16)9-12/h10,14H,3-9,13H2,1-2H3. The average molecular weight is 260 g/mol. The van der Waals surface area contributed by atoms with Gasteiger partial charge in [0, 0.05) is 18.1 Å². The molecule has 2 aliphatic rings. The summed E-state index contributed by atoms with van der Waals surface area (Å²) in [7, 11) is -2.83. The van der Waals surface area contributed by atoms with E-state index in [4.69, 9.17) is 5.73 Å². The number of rotatable bonds is 3. The molecule has 2 rings (SSSR count). The molecule has 3 atom stereocenters. The summed E-state index contributed by atoms with van der Waals surface area (Å²) in [5.74, 6) is 0.588. The molecule has 1 aliphatic heterocycles. The van der Waals surface area contributed by atoms with Gasteiger partial charge >= 0.3 is 0 Å². The Hall–Kier alpha value is -0.130. The second-order valence-electron chi connectivity index (χ2n) is 6.41. The summed E-state index contributed by atoms with van der Waals surface area (Å²) >= 11 is 0. The molecule has 0 aromatic carbocycles. The first-order chi connectivity index (χ1) is 7.75. The van der Waals surface area contributed by atoms with Gasteiger partial charge in [0.1, 0.15) is 0 Å². The third-order valence-electron chi connectivity index (χ3n) is 4.58. The maximum absolute atomic E-state index is 11.5. The molecule has 1 heterocycles. The van der Waals surface area contributed by atoms with Gasteiger partial charge in [-0.25, -0.2) is 8.42 Å². The highest BCUT2D eigenvalue weighted by Gasteiger charge is 2.42. The van der Waals surface area contributed by atoms with Gasteiger partial charge in [0.2, 0.25) is 0 Å². The van der Waals surface area contributed by atoms with Gasteiger partial charge in [0.25, 0.3) is 0 Å². The molecular formula is C12H24N2O2S. The molecule has 0 bridgehead atoms. The van der Waals surface area contributed by atoms with Crippen molar-refractivity contribution in [3.05, 3.63) is 0 Å². The largest absolute Gasteiger partial charge is 0.327 e. The quantitative estimate of drug-likeness (QED) is 0.782. The van der Waals surface area contributed by atoms with Crippen molar-refractivity contribution in [1.29, 1.82) is 0 Å². The van der Waals surface area contributed by atoms with E-state index < -0.39 is 9.84 Å². The first-order valence-electron chi connectivity index (χ1n) is 6.46. The van der Waals surface area contributed by atoms with Gasteiger partial charge in [0.05, 0.1) is 11.5 Å². The predicted octanol–water partition coefficient (Wildman–Crippen LogP) is 0.671. The van der Waals surface area contributed by atoms with Crippen molar-refractivity contribution in [2.24, 2.45) is 11.1 Å². The lowest BCUT2D eigenvalue weighted by molar-refractivity contribution is 0.241. The molecule has 5 heteroatoms. The molecule has 1 saturated heterocycles. The van der Waals surface area contributed by atoms with Gasteiger partial charge in [-0.1, -0.05) is 13.3 Å². The van der Waals surface area contributed by atoms with Gasteiger partial charge in [-0.3, -0.25) is 0 Å². The molecule has 1 aliphatic carbocycles. The lowest BCUT2D eigenvalue weighted by Gasteiger charge is -2.34. The zero-order valence-electron chi connectivity index (χ0n) is 10.8. The highest BCUT2D eigenvalue weighted by molar-refractivity contribution is 7.91. The summed E-state index contributed by atoms with van der Waals surface area (Å²) in [6.45, 7) is 5.06. The van der Waals surface area contributed by atoms with Crippen LogP contribution in [0.15, 0.2) is 0 Å². The number of hydrogen-bond donors (Lipinski definition) is 2. The van der Waals surface area contributed by atoms with Crippen LogP contribution < -0.4 is 11.1 Å². The number of hydrogen-bond acceptors (Lipinski definition) is 4. The molecule has 0 radical (unpaired) electrons. The van der Waals surface area contributed by atoms with Crippen molar-refractivity contribution >= 4 is 9.84 Å². The molecular weight excluding hydrogens is 236 g/mol. The van der Waals surface area contributed by atoms with Gasteiger partial charge in [-0.2, -0.15) is 0 Å². The molecule has 3 N–H and O–H groups in total. The molecule has 2 fully saturated rings. The maximum atomic E-state index is 11.5. The summed E-state index contributed by atoms with van der Waals surface area (Å²) in [6.07, 6.45) is 4.15. The van der Waals surface area contributed by atoms with E-state index in [1.165, 1.54) is 6.42 Å². The fourth-order valence-corrected chi connectivity index (χ4v) is 5.17. The van der Waals surface area contributed by atoms with Crippen molar-refractivity contribution in [3.63, 3.8) is 0 Å². The minimum Gasteiger partial charge on any atom is -0.327 e. The van der Waals surface area contributed by atoms with Crippen LogP contribution in [0.25, 0.3) is 0 Å². The third-order valence-corrected chi connectivity index (χ3v) is 6.48. The molecule has 0 aromatic heterocycles. The fraction of sp³-hybridized carbons (Fsp3) is 1.00. The Kier molecular flexibility index (Phi) is 3.30. The Morgan fingerprint density at radius 2 is 2.06 bits per heavy atom. The molecule has 100 valence electrons. The maximum Gasteiger partial charge on any atom is 0.152 e. The molecule has 0 amide bonds. The van der Waals surface area contributed by atoms with Crippen molar-refractivity contribution in [2.75, 3.05) is 18.1 Å². The lowest BCUT2D eigenvalue weighted by atomic mass is 9.84. The Labute approximate surface area is 104 Å². The number of nitrogens with two attached hydrogens (primary N) is 1. The predicted molar refractivity (Wildman–Crippen MR) is 69.6 cm³/mol. The first-order valence-corrected chi connectivity index (χ1v) is 8.28. The van der Waals surface area contributed by atoms with E-state index >= 15 is 0 Å². The number of nitrogens with one attached hydrogen (secondary N) is 1. The van der Waals surface area contributed by atoms with Gasteiger partial charge < -0.3 is 11.1 Å². The van der Waals surface area contributed by atoms with Crippen LogP contribution >= 0.6 is 0 Å². The van der Waals surface area contributed by atoms with Crippen molar-refractivity contribution in [2.45, 2.75) is 51.1 Å². The van der Waals surface area contributed by atoms with Crippen LogP contribution in [-0.2, 0) is 9.84 Å². The van der Waals surface area contributed by atoms with E-state index in [1.807, 2.05) is 6.92 Å². The Bertz CT molecular complexity index is 395. The van der Waals surface area contributed by atoms with E-state index in [-0.39, 0.29) is 22.7 Å². The zero-order valence-corrected chi connectivity index (χ0v) is 11.6. The van der Waals surface area contributed by atoms with E-state index in [0.29, 0.717) is 5.75 Å². The lowest BCUT2D eigenvalue weighted by Crippen LogP contribution is -2.51. The average Bonchev–Trinajstić information content (AvgIpc) is 2.68. The third kappa shape index (κ3) is 2.83. The highest BCUT2D eigenvalue weighted by Crippen LogP contribution is 2.37. The van der Waals surface area contributed by atoms with Crippen LogP contribution in [0, 0.1) is 5.41 Å². The van der Waals surface area contributed by atoms with Crippen LogP contribution in [0.5, 0.6) is 0 Å². The molecule has 0 aromatic rings. The van der Waals surface area contributed by atoms with Gasteiger partial charge in [-0.15, -0.1) is 0 Å². The zero-order chi connectivity index (χ0) is 12.7. The topological polar surface area (TPSA) is 72.2 Å². The monoisotopic (exact) mass is 260 g/mol. The molecule has 0 spiro atoms. The van der Waals surface area contributed by atoms with Crippen LogP contribution in [0.1, 0.15) is 39.5 Å². The Morgan fingerprint density at radius 3 is 2.53 bits per heavy atom. The fourth-order valence-electron chi connectivity index (χ4n) is 3.04. The van der Waals surface area contributed by atoms with E-state index in [0.717, 1.165) is 25.8 Å². The summed E-state index contributed by atoms with van der Waals surface area (Å²) in [4.78, 5) is 0. The first kappa shape index (κ1) is 13.3. The second kappa shape index (κ2) is 4.21. The highest BCUT2D eigenvalue weighted by atomic mass is 32.2. The SMILES string of the molecule is CC1(NCC2(C)CCCC2N)CCS(=O)(=O)C1. The van der Waals surface area contributed by atoms with Crippen LogP contribution in [0.3, 0.4) is 0 Å². The van der Waals surface area contributed by atoms with Crippen molar-refractivity contribution in [3.8, 4) is 0 Å².